The van der Waals surface area contributed by atoms with E-state index in [4.69, 9.17) is 0 Å². The smallest absolute Gasteiger partial charge is 0.271 e. The molecule has 0 saturated heterocycles. The summed E-state index contributed by atoms with van der Waals surface area (Å²) in [7, 11) is -3.59. The van der Waals surface area contributed by atoms with E-state index in [0.29, 0.717) is 11.4 Å². The van der Waals surface area contributed by atoms with E-state index in [2.05, 4.69) is 20.1 Å². The second kappa shape index (κ2) is 8.47. The first-order valence-corrected chi connectivity index (χ1v) is 11.3. The van der Waals surface area contributed by atoms with Crippen LogP contribution in [0.25, 0.3) is 5.69 Å². The highest BCUT2D eigenvalue weighted by Gasteiger charge is 2.15. The molecule has 0 aliphatic rings. The van der Waals surface area contributed by atoms with Crippen LogP contribution in [-0.2, 0) is 21.2 Å². The predicted molar refractivity (Wildman–Crippen MR) is 115 cm³/mol. The van der Waals surface area contributed by atoms with Gasteiger partial charge in [-0.05, 0) is 53.4 Å². The normalized spacial score (nSPS) is 11.2. The van der Waals surface area contributed by atoms with Crippen LogP contribution in [0.1, 0.15) is 5.56 Å². The third kappa shape index (κ3) is 4.73. The average molecular weight is 440 g/mol. The lowest BCUT2D eigenvalue weighted by molar-refractivity contribution is -0.115. The molecule has 4 rings (SSSR count). The molecule has 0 unspecified atom stereocenters. The largest absolute Gasteiger partial charge is 0.326 e. The minimum absolute atomic E-state index is 0.169. The van der Waals surface area contributed by atoms with Crippen LogP contribution in [0.2, 0.25) is 0 Å². The average Bonchev–Trinajstić information content (AvgIpc) is 3.44. The van der Waals surface area contributed by atoms with Gasteiger partial charge >= 0.3 is 0 Å². The molecule has 0 fully saturated rings. The minimum Gasteiger partial charge on any atom is -0.326 e. The molecule has 30 heavy (non-hydrogen) atoms. The molecule has 8 nitrogen and oxygen atoms in total. The quantitative estimate of drug-likeness (QED) is 0.460. The molecule has 0 bridgehead atoms. The molecule has 1 amide bonds. The minimum atomic E-state index is -3.59. The summed E-state index contributed by atoms with van der Waals surface area (Å²) in [6, 6.07) is 17.2. The van der Waals surface area contributed by atoms with E-state index in [1.165, 1.54) is 6.33 Å². The van der Waals surface area contributed by atoms with Crippen molar-refractivity contribution in [2.24, 2.45) is 0 Å². The van der Waals surface area contributed by atoms with Crippen molar-refractivity contribution in [3.05, 3.63) is 84.3 Å². The summed E-state index contributed by atoms with van der Waals surface area (Å²) in [5.74, 6) is -0.171. The first-order chi connectivity index (χ1) is 14.5. The Morgan fingerprint density at radius 1 is 1.00 bits per heavy atom. The molecule has 10 heteroatoms. The van der Waals surface area contributed by atoms with E-state index >= 15 is 0 Å². The lowest BCUT2D eigenvalue weighted by Gasteiger charge is -2.09. The number of nitrogens with one attached hydrogen (secondary N) is 2. The van der Waals surface area contributed by atoms with Gasteiger partial charge in [0, 0.05) is 11.4 Å². The van der Waals surface area contributed by atoms with Crippen LogP contribution >= 0.6 is 11.3 Å². The van der Waals surface area contributed by atoms with Crippen molar-refractivity contribution in [2.45, 2.75) is 10.6 Å². The van der Waals surface area contributed by atoms with Gasteiger partial charge in [-0.15, -0.1) is 11.3 Å². The Hall–Kier alpha value is -3.50. The number of rotatable bonds is 7. The summed E-state index contributed by atoms with van der Waals surface area (Å²) in [4.78, 5) is 16.2. The molecule has 0 aliphatic heterocycles. The molecule has 0 atom stereocenters. The van der Waals surface area contributed by atoms with Gasteiger partial charge in [-0.3, -0.25) is 9.52 Å². The molecule has 2 heterocycles. The summed E-state index contributed by atoms with van der Waals surface area (Å²) < 4.78 is 28.9. The summed E-state index contributed by atoms with van der Waals surface area (Å²) in [6.45, 7) is 0. The number of carbonyl (C=O) groups excluding carboxylic acids is 1. The lowest BCUT2D eigenvalue weighted by Crippen LogP contribution is -2.14. The van der Waals surface area contributed by atoms with Gasteiger partial charge < -0.3 is 5.32 Å². The molecule has 4 aromatic rings. The number of hydrogen-bond donors (Lipinski definition) is 2. The van der Waals surface area contributed by atoms with Gasteiger partial charge in [0.2, 0.25) is 5.91 Å². The van der Waals surface area contributed by atoms with Gasteiger partial charge in [-0.1, -0.05) is 18.2 Å². The van der Waals surface area contributed by atoms with Crippen molar-refractivity contribution in [1.29, 1.82) is 0 Å². The zero-order chi connectivity index (χ0) is 21.0. The zero-order valence-electron chi connectivity index (χ0n) is 15.6. The van der Waals surface area contributed by atoms with Crippen molar-refractivity contribution < 1.29 is 13.2 Å². The molecule has 0 spiro atoms. The highest BCUT2D eigenvalue weighted by atomic mass is 32.2. The Morgan fingerprint density at radius 2 is 1.73 bits per heavy atom. The summed E-state index contributed by atoms with van der Waals surface area (Å²) in [5, 5.41) is 8.60. The van der Waals surface area contributed by atoms with Crippen LogP contribution in [0, 0.1) is 0 Å². The van der Waals surface area contributed by atoms with Gasteiger partial charge in [0.1, 0.15) is 16.9 Å². The number of anilines is 2. The van der Waals surface area contributed by atoms with Crippen molar-refractivity contribution in [1.82, 2.24) is 14.8 Å². The number of amides is 1. The SMILES string of the molecule is O=C(Cc1ccc(NS(=O)(=O)c2cccs2)cc1)Nc1ccc(-n2cncn2)cc1. The number of sulfonamides is 1. The molecule has 2 aromatic carbocycles. The maximum absolute atomic E-state index is 12.3. The van der Waals surface area contributed by atoms with E-state index in [9.17, 15) is 13.2 Å². The van der Waals surface area contributed by atoms with Gasteiger partial charge in [-0.25, -0.2) is 18.1 Å². The Morgan fingerprint density at radius 3 is 2.37 bits per heavy atom. The van der Waals surface area contributed by atoms with Crippen molar-refractivity contribution >= 4 is 38.6 Å². The van der Waals surface area contributed by atoms with Crippen LogP contribution in [0.5, 0.6) is 0 Å². The molecule has 0 aliphatic carbocycles. The van der Waals surface area contributed by atoms with Crippen LogP contribution in [0.3, 0.4) is 0 Å². The third-order valence-corrected chi connectivity index (χ3v) is 6.94. The van der Waals surface area contributed by atoms with E-state index < -0.39 is 10.0 Å². The number of benzene rings is 2. The second-order valence-electron chi connectivity index (χ2n) is 6.35. The fraction of sp³-hybridized carbons (Fsp3) is 0.0500. The topological polar surface area (TPSA) is 106 Å². The molecule has 2 N–H and O–H groups in total. The van der Waals surface area contributed by atoms with Crippen molar-refractivity contribution in [3.63, 3.8) is 0 Å². The number of nitrogens with zero attached hydrogens (tertiary/aromatic N) is 3. The number of aromatic nitrogens is 3. The molecular formula is C20H17N5O3S2. The molecule has 0 radical (unpaired) electrons. The molecule has 152 valence electrons. The lowest BCUT2D eigenvalue weighted by atomic mass is 10.1. The van der Waals surface area contributed by atoms with Crippen molar-refractivity contribution in [3.8, 4) is 5.69 Å². The van der Waals surface area contributed by atoms with Crippen LogP contribution in [0.15, 0.2) is 82.9 Å². The highest BCUT2D eigenvalue weighted by molar-refractivity contribution is 7.94. The number of carbonyl (C=O) groups is 1. The van der Waals surface area contributed by atoms with Gasteiger partial charge in [0.15, 0.2) is 0 Å². The first kappa shape index (κ1) is 19.8. The fourth-order valence-corrected chi connectivity index (χ4v) is 4.79. The maximum Gasteiger partial charge on any atom is 0.271 e. The summed E-state index contributed by atoms with van der Waals surface area (Å²) in [6.07, 6.45) is 3.22. The Bertz CT molecular complexity index is 1220. The van der Waals surface area contributed by atoms with Gasteiger partial charge in [0.25, 0.3) is 10.0 Å². The Labute approximate surface area is 177 Å². The predicted octanol–water partition coefficient (Wildman–Crippen LogP) is 3.31. The molecular weight excluding hydrogens is 422 g/mol. The summed E-state index contributed by atoms with van der Waals surface area (Å²) in [5.41, 5.74) is 2.72. The van der Waals surface area contributed by atoms with E-state index in [-0.39, 0.29) is 16.5 Å². The monoisotopic (exact) mass is 439 g/mol. The van der Waals surface area contributed by atoms with Gasteiger partial charge in [0.05, 0.1) is 12.1 Å². The van der Waals surface area contributed by atoms with Crippen LogP contribution in [-0.4, -0.2) is 29.1 Å². The maximum atomic E-state index is 12.3. The third-order valence-electron chi connectivity index (χ3n) is 4.17. The zero-order valence-corrected chi connectivity index (χ0v) is 17.2. The standard InChI is InChI=1S/C20H17N5O3S2/c26-19(23-16-7-9-18(10-8-16)25-14-21-13-22-25)12-15-3-5-17(6-4-15)24-30(27,28)20-2-1-11-29-20/h1-11,13-14,24H,12H2,(H,23,26). The Kier molecular flexibility index (Phi) is 5.59. The van der Waals surface area contributed by atoms with E-state index in [1.54, 1.807) is 64.9 Å². The second-order valence-corrected chi connectivity index (χ2v) is 9.20. The first-order valence-electron chi connectivity index (χ1n) is 8.90. The van der Waals surface area contributed by atoms with Crippen LogP contribution in [0.4, 0.5) is 11.4 Å². The molecule has 2 aromatic heterocycles. The number of hydrogen-bond acceptors (Lipinski definition) is 6. The van der Waals surface area contributed by atoms with E-state index in [1.807, 2.05) is 12.1 Å². The fourth-order valence-electron chi connectivity index (χ4n) is 2.74. The van der Waals surface area contributed by atoms with Crippen molar-refractivity contribution in [2.75, 3.05) is 10.0 Å². The highest BCUT2D eigenvalue weighted by Crippen LogP contribution is 2.20. The van der Waals surface area contributed by atoms with E-state index in [0.717, 1.165) is 22.6 Å². The number of thiophene rings is 1. The Balaban J connectivity index is 1.34. The van der Waals surface area contributed by atoms with Gasteiger partial charge in [-0.2, -0.15) is 5.10 Å². The molecule has 0 saturated carbocycles. The van der Waals surface area contributed by atoms with Crippen LogP contribution < -0.4 is 10.0 Å². The summed E-state index contributed by atoms with van der Waals surface area (Å²) >= 11 is 1.15.